The molecule has 242 valence electrons. The number of sulfone groups is 1. The van der Waals surface area contributed by atoms with E-state index in [-0.39, 0.29) is 21.8 Å². The van der Waals surface area contributed by atoms with Crippen LogP contribution in [-0.4, -0.2) is 60.8 Å². The lowest BCUT2D eigenvalue weighted by Gasteiger charge is -2.23. The van der Waals surface area contributed by atoms with Gasteiger partial charge in [0.15, 0.2) is 0 Å². The molecule has 2 atom stereocenters. The Kier molecular flexibility index (Phi) is 9.19. The summed E-state index contributed by atoms with van der Waals surface area (Å²) in [7, 11) is -8.62. The molecule has 17 heteroatoms. The second-order valence-electron chi connectivity index (χ2n) is 10.3. The van der Waals surface area contributed by atoms with Crippen LogP contribution in [0.4, 0.5) is 22.0 Å². The quantitative estimate of drug-likeness (QED) is 0.206. The van der Waals surface area contributed by atoms with E-state index in [4.69, 9.17) is 0 Å². The zero-order chi connectivity index (χ0) is 33.3. The fraction of sp³-hybridized carbons (Fsp3) is 0.241. The Morgan fingerprint density at radius 2 is 1.65 bits per heavy atom. The molecule has 0 unspecified atom stereocenters. The van der Waals surface area contributed by atoms with Crippen molar-refractivity contribution in [3.05, 3.63) is 102 Å². The predicted molar refractivity (Wildman–Crippen MR) is 153 cm³/mol. The monoisotopic (exact) mass is 681 g/mol. The molecule has 0 bridgehead atoms. The first-order chi connectivity index (χ1) is 21.6. The number of rotatable bonds is 9. The summed E-state index contributed by atoms with van der Waals surface area (Å²) in [5, 5.41) is 1.76. The first-order valence-electron chi connectivity index (χ1n) is 13.5. The van der Waals surface area contributed by atoms with Gasteiger partial charge in [0.05, 0.1) is 28.6 Å². The third kappa shape index (κ3) is 7.37. The van der Waals surface area contributed by atoms with Crippen LogP contribution < -0.4 is 5.32 Å². The van der Waals surface area contributed by atoms with E-state index in [1.165, 1.54) is 6.07 Å². The average molecular weight is 682 g/mol. The summed E-state index contributed by atoms with van der Waals surface area (Å²) < 4.78 is 121. The summed E-state index contributed by atoms with van der Waals surface area (Å²) in [6, 6.07) is 13.3. The lowest BCUT2D eigenvalue weighted by molar-refractivity contribution is -0.141. The van der Waals surface area contributed by atoms with Crippen LogP contribution in [0.3, 0.4) is 0 Å². The number of alkyl halides is 4. The summed E-state index contributed by atoms with van der Waals surface area (Å²) in [5.74, 6) is -2.12. The largest absolute Gasteiger partial charge is 0.433 e. The number of hydrogen-bond acceptors (Lipinski definition) is 8. The molecule has 1 fully saturated rings. The number of carbonyl (C=O) groups is 1. The van der Waals surface area contributed by atoms with Crippen LogP contribution in [0.2, 0.25) is 0 Å². The number of hydrogen-bond donors (Lipinski definition) is 1. The number of benzene rings is 2. The van der Waals surface area contributed by atoms with E-state index in [2.05, 4.69) is 20.3 Å². The summed E-state index contributed by atoms with van der Waals surface area (Å²) in [6.45, 7) is -1.10. The van der Waals surface area contributed by atoms with Crippen LogP contribution in [0.1, 0.15) is 23.4 Å². The van der Waals surface area contributed by atoms with Crippen LogP contribution in [0.15, 0.2) is 89.0 Å². The van der Waals surface area contributed by atoms with E-state index in [9.17, 15) is 43.6 Å². The third-order valence-electron chi connectivity index (χ3n) is 6.96. The summed E-state index contributed by atoms with van der Waals surface area (Å²) >= 11 is 0. The highest BCUT2D eigenvalue weighted by Crippen LogP contribution is 2.30. The van der Waals surface area contributed by atoms with E-state index < -0.39 is 86.1 Å². The predicted octanol–water partition coefficient (Wildman–Crippen LogP) is 4.09. The molecule has 1 aliphatic rings. The highest BCUT2D eigenvalue weighted by atomic mass is 32.2. The minimum absolute atomic E-state index is 0.0202. The maximum Gasteiger partial charge on any atom is 0.433 e. The van der Waals surface area contributed by atoms with Gasteiger partial charge in [-0.2, -0.15) is 17.5 Å². The Morgan fingerprint density at radius 3 is 2.28 bits per heavy atom. The summed E-state index contributed by atoms with van der Waals surface area (Å²) in [6.07, 6.45) is -6.02. The van der Waals surface area contributed by atoms with Crippen molar-refractivity contribution in [1.82, 2.24) is 24.6 Å². The van der Waals surface area contributed by atoms with Gasteiger partial charge in [-0.15, -0.1) is 0 Å². The Hall–Kier alpha value is -4.35. The molecule has 1 N–H and O–H groups in total. The summed E-state index contributed by atoms with van der Waals surface area (Å²) in [4.78, 5) is 24.4. The highest BCUT2D eigenvalue weighted by molar-refractivity contribution is 7.90. The first kappa shape index (κ1) is 33.0. The number of nitrogens with zero attached hydrogens (tertiary/aromatic N) is 4. The molecule has 4 aromatic rings. The van der Waals surface area contributed by atoms with Gasteiger partial charge < -0.3 is 5.32 Å². The van der Waals surface area contributed by atoms with Crippen LogP contribution in [-0.2, 0) is 43.1 Å². The van der Waals surface area contributed by atoms with Crippen molar-refractivity contribution < 1.29 is 43.6 Å². The molecule has 0 aliphatic carbocycles. The van der Waals surface area contributed by atoms with Gasteiger partial charge >= 0.3 is 6.18 Å². The average Bonchev–Trinajstić information content (AvgIpc) is 3.42. The van der Waals surface area contributed by atoms with Crippen LogP contribution in [0.25, 0.3) is 11.3 Å². The fourth-order valence-electron chi connectivity index (χ4n) is 4.72. The lowest BCUT2D eigenvalue weighted by atomic mass is 10.1. The number of amides is 1. The van der Waals surface area contributed by atoms with Crippen LogP contribution in [0.5, 0.6) is 0 Å². The molecule has 0 radical (unpaired) electrons. The van der Waals surface area contributed by atoms with E-state index in [0.717, 1.165) is 36.5 Å². The SMILES string of the molecule is O=C(NCc1cc(-c2ccc(C(F)(F)F)nc2)nc(S(=O)(=O)Cc2ccccc2)n1)[C@@H]1C[C@@H](F)CN1S(=O)(=O)c1ccc(F)cc1. The molecule has 3 heterocycles. The van der Waals surface area contributed by atoms with Gasteiger partial charge in [-0.05, 0) is 48.0 Å². The Bertz CT molecular complexity index is 1950. The molecule has 2 aromatic heterocycles. The Morgan fingerprint density at radius 1 is 0.957 bits per heavy atom. The van der Waals surface area contributed by atoms with Gasteiger partial charge in [0.2, 0.25) is 30.9 Å². The van der Waals surface area contributed by atoms with Crippen molar-refractivity contribution in [2.24, 2.45) is 0 Å². The van der Waals surface area contributed by atoms with Gasteiger partial charge in [0, 0.05) is 24.7 Å². The van der Waals surface area contributed by atoms with Gasteiger partial charge in [-0.1, -0.05) is 30.3 Å². The Balaban J connectivity index is 1.44. The number of aromatic nitrogens is 3. The molecular weight excluding hydrogens is 657 g/mol. The number of sulfonamides is 1. The highest BCUT2D eigenvalue weighted by Gasteiger charge is 2.44. The zero-order valence-electron chi connectivity index (χ0n) is 23.5. The van der Waals surface area contributed by atoms with Crippen molar-refractivity contribution in [2.75, 3.05) is 6.54 Å². The molecule has 1 saturated heterocycles. The maximum absolute atomic E-state index is 14.5. The van der Waals surface area contributed by atoms with Crippen molar-refractivity contribution in [3.63, 3.8) is 0 Å². The van der Waals surface area contributed by atoms with E-state index in [0.29, 0.717) is 15.9 Å². The maximum atomic E-state index is 14.5. The number of pyridine rings is 1. The molecule has 0 saturated carbocycles. The molecule has 5 rings (SSSR count). The van der Waals surface area contributed by atoms with Gasteiger partial charge in [0.1, 0.15) is 23.7 Å². The van der Waals surface area contributed by atoms with Crippen molar-refractivity contribution in [2.45, 2.75) is 47.2 Å². The van der Waals surface area contributed by atoms with E-state index in [1.807, 2.05) is 0 Å². The molecule has 1 amide bonds. The smallest absolute Gasteiger partial charge is 0.349 e. The van der Waals surface area contributed by atoms with Gasteiger partial charge in [-0.3, -0.25) is 9.78 Å². The molecule has 46 heavy (non-hydrogen) atoms. The first-order valence-corrected chi connectivity index (χ1v) is 16.6. The van der Waals surface area contributed by atoms with Crippen LogP contribution >= 0.6 is 0 Å². The minimum Gasteiger partial charge on any atom is -0.349 e. The van der Waals surface area contributed by atoms with Crippen LogP contribution in [0, 0.1) is 5.82 Å². The number of carbonyl (C=O) groups excluding carboxylic acids is 1. The Labute approximate surface area is 260 Å². The second-order valence-corrected chi connectivity index (χ2v) is 14.1. The van der Waals surface area contributed by atoms with E-state index >= 15 is 0 Å². The molecule has 0 spiro atoms. The van der Waals surface area contributed by atoms with Gasteiger partial charge in [-0.25, -0.2) is 35.6 Å². The molecule has 1 aliphatic heterocycles. The van der Waals surface area contributed by atoms with Crippen molar-refractivity contribution >= 4 is 25.8 Å². The lowest BCUT2D eigenvalue weighted by Crippen LogP contribution is -2.45. The second kappa shape index (κ2) is 12.8. The zero-order valence-corrected chi connectivity index (χ0v) is 25.2. The molecular formula is C29H24F5N5O5S2. The standard InChI is InChI=1S/C29H24F5N5O5S2/c30-20-7-9-23(10-8-20)46(43,44)39-16-21(31)12-25(39)27(40)36-15-22-13-24(19-6-11-26(35-14-19)29(32,33)34)38-28(37-22)45(41,42)17-18-4-2-1-3-5-18/h1-11,13-14,21,25H,12,15-17H2,(H,36,40)/t21-,25+/m1/s1. The topological polar surface area (TPSA) is 139 Å². The third-order valence-corrected chi connectivity index (χ3v) is 10.3. The number of nitrogens with one attached hydrogen (secondary N) is 1. The van der Waals surface area contributed by atoms with Crippen molar-refractivity contribution in [3.8, 4) is 11.3 Å². The molecule has 10 nitrogen and oxygen atoms in total. The van der Waals surface area contributed by atoms with Gasteiger partial charge in [0.25, 0.3) is 0 Å². The minimum atomic E-state index is -4.72. The normalized spacial score (nSPS) is 17.6. The number of halogens is 5. The fourth-order valence-corrected chi connectivity index (χ4v) is 7.60. The van der Waals surface area contributed by atoms with E-state index in [1.54, 1.807) is 30.3 Å². The summed E-state index contributed by atoms with van der Waals surface area (Å²) in [5.41, 5.74) is -0.957. The van der Waals surface area contributed by atoms with Crippen molar-refractivity contribution in [1.29, 1.82) is 0 Å². The molecule has 2 aromatic carbocycles.